The normalized spacial score (nSPS) is 19.7. The average Bonchev–Trinajstić information content (AvgIpc) is 3.03. The minimum Gasteiger partial charge on any atom is -0.497 e. The number of carbonyl (C=O) groups is 2. The maximum absolute atomic E-state index is 12.8. The predicted octanol–water partition coefficient (Wildman–Crippen LogP) is 2.69. The summed E-state index contributed by atoms with van der Waals surface area (Å²) in [6, 6.07) is 8.98. The molecule has 25 heavy (non-hydrogen) atoms. The molecule has 2 atom stereocenters. The number of ether oxygens (including phenoxy) is 1. The number of likely N-dealkylation sites (tertiary alicyclic amines) is 1. The Hall–Kier alpha value is -2.89. The van der Waals surface area contributed by atoms with Crippen molar-refractivity contribution in [2.45, 2.75) is 19.4 Å². The zero-order chi connectivity index (χ0) is 18.0. The van der Waals surface area contributed by atoms with E-state index in [9.17, 15) is 14.7 Å². The molecule has 6 heteroatoms. The number of rotatable bonds is 4. The molecule has 2 unspecified atom stereocenters. The van der Waals surface area contributed by atoms with Gasteiger partial charge in [-0.05, 0) is 37.1 Å². The van der Waals surface area contributed by atoms with Crippen LogP contribution in [-0.2, 0) is 4.79 Å². The third-order valence-electron chi connectivity index (χ3n) is 4.74. The van der Waals surface area contributed by atoms with Crippen LogP contribution < -0.4 is 4.74 Å². The number of carboxylic acid groups (broad SMARTS) is 1. The van der Waals surface area contributed by atoms with Crippen LogP contribution in [-0.4, -0.2) is 46.6 Å². The van der Waals surface area contributed by atoms with Gasteiger partial charge < -0.3 is 14.7 Å². The topological polar surface area (TPSA) is 79.7 Å². The minimum atomic E-state index is -0.854. The molecular weight excluding hydrogens is 320 g/mol. The lowest BCUT2D eigenvalue weighted by Gasteiger charge is -2.23. The van der Waals surface area contributed by atoms with Crippen LogP contribution in [0.2, 0.25) is 0 Å². The maximum atomic E-state index is 12.8. The molecule has 1 saturated heterocycles. The number of nitrogens with zero attached hydrogens (tertiary/aromatic N) is 2. The molecule has 0 radical (unpaired) electrons. The van der Waals surface area contributed by atoms with Gasteiger partial charge in [0.2, 0.25) is 0 Å². The number of amides is 1. The van der Waals surface area contributed by atoms with Crippen LogP contribution in [0.15, 0.2) is 42.7 Å². The summed E-state index contributed by atoms with van der Waals surface area (Å²) in [6.07, 6.45) is 3.70. The zero-order valence-corrected chi connectivity index (χ0v) is 14.2. The first-order valence-corrected chi connectivity index (χ1v) is 8.14. The highest BCUT2D eigenvalue weighted by Crippen LogP contribution is 2.27. The molecule has 130 valence electrons. The molecule has 1 fully saturated rings. The van der Waals surface area contributed by atoms with E-state index < -0.39 is 11.9 Å². The Bertz CT molecular complexity index is 788. The standard InChI is InChI=1S/C19H20N2O4/c1-12-17(19(23)24)7-8-21(12)18(22)15-9-14(10-20-11-15)13-3-5-16(25-2)6-4-13/h3-6,9-12,17H,7-8H2,1-2H3,(H,23,24). The molecule has 2 heterocycles. The van der Waals surface area contributed by atoms with Gasteiger partial charge in [-0.25, -0.2) is 0 Å². The first kappa shape index (κ1) is 17.0. The van der Waals surface area contributed by atoms with Crippen LogP contribution in [0.5, 0.6) is 5.75 Å². The third kappa shape index (κ3) is 3.33. The summed E-state index contributed by atoms with van der Waals surface area (Å²) < 4.78 is 5.15. The molecule has 1 aliphatic rings. The van der Waals surface area contributed by atoms with Crippen molar-refractivity contribution in [1.29, 1.82) is 0 Å². The van der Waals surface area contributed by atoms with Gasteiger partial charge in [-0.15, -0.1) is 0 Å². The number of hydrogen-bond donors (Lipinski definition) is 1. The molecule has 6 nitrogen and oxygen atoms in total. The van der Waals surface area contributed by atoms with Gasteiger partial charge in [0.25, 0.3) is 5.91 Å². The van der Waals surface area contributed by atoms with Gasteiger partial charge in [-0.1, -0.05) is 12.1 Å². The molecule has 1 aliphatic heterocycles. The molecule has 2 aromatic rings. The van der Waals surface area contributed by atoms with Crippen molar-refractivity contribution in [1.82, 2.24) is 9.88 Å². The summed E-state index contributed by atoms with van der Waals surface area (Å²) in [5, 5.41) is 9.23. The number of pyridine rings is 1. The SMILES string of the molecule is COc1ccc(-c2cncc(C(=O)N3CCC(C(=O)O)C3C)c2)cc1. The lowest BCUT2D eigenvalue weighted by Crippen LogP contribution is -2.37. The van der Waals surface area contributed by atoms with Crippen molar-refractivity contribution in [3.8, 4) is 16.9 Å². The summed E-state index contributed by atoms with van der Waals surface area (Å²) in [6.45, 7) is 2.23. The Morgan fingerprint density at radius 3 is 2.52 bits per heavy atom. The monoisotopic (exact) mass is 340 g/mol. The number of methoxy groups -OCH3 is 1. The fourth-order valence-electron chi connectivity index (χ4n) is 3.22. The first-order valence-electron chi connectivity index (χ1n) is 8.14. The minimum absolute atomic E-state index is 0.181. The van der Waals surface area contributed by atoms with E-state index in [1.807, 2.05) is 24.3 Å². The molecule has 0 aliphatic carbocycles. The van der Waals surface area contributed by atoms with Crippen LogP contribution in [0.3, 0.4) is 0 Å². The molecule has 0 bridgehead atoms. The number of aliphatic carboxylic acids is 1. The predicted molar refractivity (Wildman–Crippen MR) is 92.5 cm³/mol. The molecule has 1 aromatic carbocycles. The Morgan fingerprint density at radius 2 is 1.92 bits per heavy atom. The Labute approximate surface area is 146 Å². The van der Waals surface area contributed by atoms with E-state index in [1.165, 1.54) is 6.20 Å². The fourth-order valence-corrected chi connectivity index (χ4v) is 3.22. The second-order valence-corrected chi connectivity index (χ2v) is 6.16. The lowest BCUT2D eigenvalue weighted by atomic mass is 10.0. The van der Waals surface area contributed by atoms with Crippen molar-refractivity contribution in [2.24, 2.45) is 5.92 Å². The number of hydrogen-bond acceptors (Lipinski definition) is 4. The molecule has 3 rings (SSSR count). The highest BCUT2D eigenvalue weighted by molar-refractivity contribution is 5.96. The van der Waals surface area contributed by atoms with E-state index in [4.69, 9.17) is 4.74 Å². The van der Waals surface area contributed by atoms with Gasteiger partial charge in [0, 0.05) is 30.5 Å². The van der Waals surface area contributed by atoms with Crippen molar-refractivity contribution in [2.75, 3.05) is 13.7 Å². The molecule has 1 amide bonds. The van der Waals surface area contributed by atoms with E-state index in [2.05, 4.69) is 4.98 Å². The van der Waals surface area contributed by atoms with Crippen LogP contribution in [0, 0.1) is 5.92 Å². The van der Waals surface area contributed by atoms with Crippen LogP contribution in [0.25, 0.3) is 11.1 Å². The van der Waals surface area contributed by atoms with Crippen LogP contribution in [0.1, 0.15) is 23.7 Å². The van der Waals surface area contributed by atoms with Crippen molar-refractivity contribution in [3.63, 3.8) is 0 Å². The molecule has 1 N–H and O–H groups in total. The van der Waals surface area contributed by atoms with E-state index in [0.717, 1.165) is 16.9 Å². The highest BCUT2D eigenvalue weighted by atomic mass is 16.5. The number of carboxylic acids is 1. The summed E-state index contributed by atoms with van der Waals surface area (Å²) in [4.78, 5) is 29.8. The van der Waals surface area contributed by atoms with Crippen molar-refractivity contribution < 1.29 is 19.4 Å². The van der Waals surface area contributed by atoms with E-state index in [-0.39, 0.29) is 11.9 Å². The van der Waals surface area contributed by atoms with E-state index in [0.29, 0.717) is 18.5 Å². The van der Waals surface area contributed by atoms with Crippen LogP contribution in [0.4, 0.5) is 0 Å². The third-order valence-corrected chi connectivity index (χ3v) is 4.74. The number of benzene rings is 1. The Balaban J connectivity index is 1.83. The molecule has 0 spiro atoms. The van der Waals surface area contributed by atoms with Crippen molar-refractivity contribution >= 4 is 11.9 Å². The van der Waals surface area contributed by atoms with Gasteiger partial charge in [0.1, 0.15) is 5.75 Å². The first-order chi connectivity index (χ1) is 12.0. The maximum Gasteiger partial charge on any atom is 0.308 e. The Morgan fingerprint density at radius 1 is 1.20 bits per heavy atom. The van der Waals surface area contributed by atoms with Gasteiger partial charge in [-0.2, -0.15) is 0 Å². The summed E-state index contributed by atoms with van der Waals surface area (Å²) in [7, 11) is 1.61. The fraction of sp³-hybridized carbons (Fsp3) is 0.316. The average molecular weight is 340 g/mol. The summed E-state index contributed by atoms with van der Waals surface area (Å²) >= 11 is 0. The highest BCUT2D eigenvalue weighted by Gasteiger charge is 2.38. The number of aromatic nitrogens is 1. The quantitative estimate of drug-likeness (QED) is 0.926. The molecule has 0 saturated carbocycles. The molecule has 1 aromatic heterocycles. The Kier molecular flexibility index (Phi) is 4.70. The second-order valence-electron chi connectivity index (χ2n) is 6.16. The summed E-state index contributed by atoms with van der Waals surface area (Å²) in [5.74, 6) is -0.789. The number of carbonyl (C=O) groups excluding carboxylic acids is 1. The largest absolute Gasteiger partial charge is 0.497 e. The van der Waals surface area contributed by atoms with E-state index in [1.54, 1.807) is 31.2 Å². The molecular formula is C19H20N2O4. The van der Waals surface area contributed by atoms with Gasteiger partial charge in [0.15, 0.2) is 0 Å². The van der Waals surface area contributed by atoms with E-state index >= 15 is 0 Å². The zero-order valence-electron chi connectivity index (χ0n) is 14.2. The lowest BCUT2D eigenvalue weighted by molar-refractivity contribution is -0.142. The van der Waals surface area contributed by atoms with Gasteiger partial charge in [-0.3, -0.25) is 14.6 Å². The summed E-state index contributed by atoms with van der Waals surface area (Å²) in [5.41, 5.74) is 2.22. The van der Waals surface area contributed by atoms with Crippen molar-refractivity contribution in [3.05, 3.63) is 48.3 Å². The van der Waals surface area contributed by atoms with Gasteiger partial charge >= 0.3 is 5.97 Å². The van der Waals surface area contributed by atoms with Crippen LogP contribution >= 0.6 is 0 Å². The van der Waals surface area contributed by atoms with Gasteiger partial charge in [0.05, 0.1) is 18.6 Å². The second kappa shape index (κ2) is 6.93. The smallest absolute Gasteiger partial charge is 0.308 e.